The Bertz CT molecular complexity index is 1620. The van der Waals surface area contributed by atoms with Crippen molar-refractivity contribution in [2.75, 3.05) is 0 Å². The maximum absolute atomic E-state index is 13.3. The lowest BCUT2D eigenvalue weighted by molar-refractivity contribution is -0.384. The number of nitrogens with zero attached hydrogens (tertiary/aromatic N) is 3. The number of nitro benzene ring substituents is 1. The third-order valence-electron chi connectivity index (χ3n) is 6.63. The van der Waals surface area contributed by atoms with Crippen molar-refractivity contribution in [3.8, 4) is 5.75 Å². The lowest BCUT2D eigenvalue weighted by Crippen LogP contribution is -2.29. The van der Waals surface area contributed by atoms with Gasteiger partial charge >= 0.3 is 0 Å². The molecule has 1 saturated heterocycles. The summed E-state index contributed by atoms with van der Waals surface area (Å²) in [7, 11) is 0. The number of ether oxygens (including phenoxy) is 1. The Hall–Kier alpha value is -5.31. The normalized spacial score (nSPS) is 16.2. The van der Waals surface area contributed by atoms with E-state index in [1.165, 1.54) is 23.1 Å². The van der Waals surface area contributed by atoms with Crippen molar-refractivity contribution in [3.63, 3.8) is 0 Å². The van der Waals surface area contributed by atoms with E-state index in [2.05, 4.69) is 4.98 Å². The molecule has 0 bridgehead atoms. The minimum absolute atomic E-state index is 0.0221. The minimum atomic E-state index is -1.04. The summed E-state index contributed by atoms with van der Waals surface area (Å²) in [5.41, 5.74) is 3.09. The molecule has 1 fully saturated rings. The molecule has 0 saturated carbocycles. The second-order valence-corrected chi connectivity index (χ2v) is 9.44. The van der Waals surface area contributed by atoms with Crippen LogP contribution in [0.2, 0.25) is 0 Å². The third-order valence-corrected chi connectivity index (χ3v) is 6.63. The van der Waals surface area contributed by atoms with Gasteiger partial charge in [0.15, 0.2) is 0 Å². The van der Waals surface area contributed by atoms with Crippen molar-refractivity contribution in [3.05, 3.63) is 141 Å². The molecule has 0 aliphatic carbocycles. The van der Waals surface area contributed by atoms with Gasteiger partial charge in [0.1, 0.15) is 18.1 Å². The zero-order valence-electron chi connectivity index (χ0n) is 21.6. The Morgan fingerprint density at radius 1 is 1.00 bits per heavy atom. The van der Waals surface area contributed by atoms with E-state index in [-0.39, 0.29) is 23.6 Å². The molecule has 200 valence electrons. The first kappa shape index (κ1) is 26.3. The number of hydrogen-bond acceptors (Lipinski definition) is 7. The molecule has 0 spiro atoms. The van der Waals surface area contributed by atoms with Crippen molar-refractivity contribution in [1.82, 2.24) is 9.88 Å². The summed E-state index contributed by atoms with van der Waals surface area (Å²) in [6.07, 6.45) is 3.16. The van der Waals surface area contributed by atoms with Crippen molar-refractivity contribution < 1.29 is 24.4 Å². The van der Waals surface area contributed by atoms with Gasteiger partial charge in [0.25, 0.3) is 17.4 Å². The van der Waals surface area contributed by atoms with Gasteiger partial charge in [-0.05, 0) is 53.9 Å². The lowest BCUT2D eigenvalue weighted by Gasteiger charge is -2.25. The fourth-order valence-corrected chi connectivity index (χ4v) is 4.72. The molecule has 5 rings (SSSR count). The molecule has 1 atom stereocenters. The molecule has 0 unspecified atom stereocenters. The summed E-state index contributed by atoms with van der Waals surface area (Å²) in [6.45, 7) is 2.38. The molecule has 1 amide bonds. The van der Waals surface area contributed by atoms with E-state index in [9.17, 15) is 24.8 Å². The predicted octanol–water partition coefficient (Wildman–Crippen LogP) is 5.50. The van der Waals surface area contributed by atoms with Crippen molar-refractivity contribution in [2.45, 2.75) is 26.1 Å². The monoisotopic (exact) mass is 535 g/mol. The van der Waals surface area contributed by atoms with E-state index in [4.69, 9.17) is 4.74 Å². The topological polar surface area (TPSA) is 123 Å². The second kappa shape index (κ2) is 11.2. The molecule has 4 aromatic rings. The van der Waals surface area contributed by atoms with E-state index >= 15 is 0 Å². The Morgan fingerprint density at radius 3 is 2.45 bits per heavy atom. The van der Waals surface area contributed by atoms with Crippen LogP contribution >= 0.6 is 0 Å². The van der Waals surface area contributed by atoms with E-state index in [0.29, 0.717) is 29.0 Å². The van der Waals surface area contributed by atoms with Crippen LogP contribution in [-0.2, 0) is 22.7 Å². The molecule has 1 aromatic heterocycles. The van der Waals surface area contributed by atoms with E-state index in [1.54, 1.807) is 54.9 Å². The second-order valence-electron chi connectivity index (χ2n) is 9.44. The largest absolute Gasteiger partial charge is 0.507 e. The number of Topliss-reactive ketones (excluding diaryl/α,β-unsaturated/α-hetero) is 1. The van der Waals surface area contributed by atoms with Gasteiger partial charge in [-0.15, -0.1) is 0 Å². The number of ketones is 1. The van der Waals surface area contributed by atoms with Crippen LogP contribution < -0.4 is 4.74 Å². The van der Waals surface area contributed by atoms with Crippen LogP contribution in [0.5, 0.6) is 5.75 Å². The molecular weight excluding hydrogens is 510 g/mol. The highest BCUT2D eigenvalue weighted by atomic mass is 16.6. The number of carbonyl (C=O) groups excluding carboxylic acids is 2. The number of aliphatic hydroxyl groups is 1. The molecule has 3 aromatic carbocycles. The quantitative estimate of drug-likeness (QED) is 0.104. The Balaban J connectivity index is 1.50. The van der Waals surface area contributed by atoms with Crippen molar-refractivity contribution in [2.24, 2.45) is 0 Å². The molecule has 9 heteroatoms. The molecule has 1 aliphatic rings. The van der Waals surface area contributed by atoms with Gasteiger partial charge in [-0.25, -0.2) is 0 Å². The molecule has 40 heavy (non-hydrogen) atoms. The fraction of sp³-hybridized carbons (Fsp3) is 0.129. The SMILES string of the molecule is Cc1cccc(COc2ccc(/C(O)=C3\C(=O)C(=O)N(Cc4cccnc4)[C@@H]3c3cccc([N+](=O)[O-])c3)cc2)c1. The standard InChI is InChI=1S/C31H25N3O6/c1-20-5-2-6-21(15-20)19-40-26-12-10-23(11-13-26)29(35)27-28(24-8-3-9-25(16-24)34(38)39)33(31(37)30(27)36)18-22-7-4-14-32-17-22/h2-17,28,35H,18-19H2,1H3/b29-27+/t28-/m1/s1. The van der Waals surface area contributed by atoms with E-state index < -0.39 is 22.7 Å². The van der Waals surface area contributed by atoms with Gasteiger partial charge in [-0.2, -0.15) is 0 Å². The Labute approximate surface area is 230 Å². The summed E-state index contributed by atoms with van der Waals surface area (Å²) < 4.78 is 5.86. The summed E-state index contributed by atoms with van der Waals surface area (Å²) >= 11 is 0. The van der Waals surface area contributed by atoms with Gasteiger partial charge in [0.05, 0.1) is 16.5 Å². The van der Waals surface area contributed by atoms with Gasteiger partial charge < -0.3 is 14.7 Å². The molecule has 2 heterocycles. The Kier molecular flexibility index (Phi) is 7.37. The molecule has 1 N–H and O–H groups in total. The number of nitro groups is 1. The zero-order valence-corrected chi connectivity index (χ0v) is 21.6. The number of hydrogen-bond donors (Lipinski definition) is 1. The van der Waals surface area contributed by atoms with Crippen LogP contribution in [0.25, 0.3) is 5.76 Å². The van der Waals surface area contributed by atoms with Crippen LogP contribution in [0.3, 0.4) is 0 Å². The van der Waals surface area contributed by atoms with Crippen LogP contribution in [0, 0.1) is 17.0 Å². The predicted molar refractivity (Wildman–Crippen MR) is 147 cm³/mol. The number of rotatable bonds is 8. The van der Waals surface area contributed by atoms with Gasteiger partial charge in [-0.3, -0.25) is 24.7 Å². The first-order valence-corrected chi connectivity index (χ1v) is 12.5. The van der Waals surface area contributed by atoms with E-state index in [1.807, 2.05) is 31.2 Å². The van der Waals surface area contributed by atoms with Gasteiger partial charge in [0, 0.05) is 36.6 Å². The third kappa shape index (κ3) is 5.44. The fourth-order valence-electron chi connectivity index (χ4n) is 4.72. The number of amides is 1. The summed E-state index contributed by atoms with van der Waals surface area (Å²) in [6, 6.07) is 22.6. The number of pyridine rings is 1. The highest BCUT2D eigenvalue weighted by molar-refractivity contribution is 6.46. The number of likely N-dealkylation sites (tertiary alicyclic amines) is 1. The maximum Gasteiger partial charge on any atom is 0.295 e. The first-order valence-electron chi connectivity index (χ1n) is 12.5. The van der Waals surface area contributed by atoms with Crippen molar-refractivity contribution in [1.29, 1.82) is 0 Å². The highest BCUT2D eigenvalue weighted by Crippen LogP contribution is 2.41. The summed E-state index contributed by atoms with van der Waals surface area (Å²) in [5, 5.41) is 22.8. The van der Waals surface area contributed by atoms with Crippen LogP contribution in [0.15, 0.2) is 103 Å². The van der Waals surface area contributed by atoms with Gasteiger partial charge in [-0.1, -0.05) is 48.0 Å². The molecule has 9 nitrogen and oxygen atoms in total. The number of carbonyl (C=O) groups is 2. The summed E-state index contributed by atoms with van der Waals surface area (Å²) in [4.78, 5) is 42.8. The van der Waals surface area contributed by atoms with Crippen LogP contribution in [0.1, 0.15) is 33.9 Å². The molecular formula is C31H25N3O6. The van der Waals surface area contributed by atoms with Gasteiger partial charge in [0.2, 0.25) is 0 Å². The van der Waals surface area contributed by atoms with Crippen LogP contribution in [-0.4, -0.2) is 31.6 Å². The van der Waals surface area contributed by atoms with Crippen molar-refractivity contribution >= 4 is 23.1 Å². The van der Waals surface area contributed by atoms with Crippen LogP contribution in [0.4, 0.5) is 5.69 Å². The number of aliphatic hydroxyl groups excluding tert-OH is 1. The highest BCUT2D eigenvalue weighted by Gasteiger charge is 2.46. The average molecular weight is 536 g/mol. The number of aryl methyl sites for hydroxylation is 1. The smallest absolute Gasteiger partial charge is 0.295 e. The number of non-ortho nitro benzene ring substituents is 1. The average Bonchev–Trinajstić information content (AvgIpc) is 3.21. The minimum Gasteiger partial charge on any atom is -0.507 e. The first-order chi connectivity index (χ1) is 19.3. The zero-order chi connectivity index (χ0) is 28.2. The molecule has 0 radical (unpaired) electrons. The number of benzene rings is 3. The maximum atomic E-state index is 13.3. The number of aromatic nitrogens is 1. The lowest BCUT2D eigenvalue weighted by atomic mass is 9.95. The Morgan fingerprint density at radius 2 is 1.75 bits per heavy atom. The summed E-state index contributed by atoms with van der Waals surface area (Å²) in [5.74, 6) is -1.52. The van der Waals surface area contributed by atoms with E-state index in [0.717, 1.165) is 11.1 Å². The molecule has 1 aliphatic heterocycles.